The highest BCUT2D eigenvalue weighted by molar-refractivity contribution is 7.18. The second kappa shape index (κ2) is 4.90. The molecule has 3 heterocycles. The quantitative estimate of drug-likeness (QED) is 0.871. The first-order chi connectivity index (χ1) is 10.8. The zero-order chi connectivity index (χ0) is 16.4. The van der Waals surface area contributed by atoms with Crippen molar-refractivity contribution in [2.24, 2.45) is 0 Å². The number of hydrogen-bond donors (Lipinski definition) is 1. The molecule has 1 aliphatic carbocycles. The third-order valence-corrected chi connectivity index (χ3v) is 6.41. The fourth-order valence-corrected chi connectivity index (χ4v) is 5.94. The van der Waals surface area contributed by atoms with Crippen molar-refractivity contribution in [3.8, 4) is 0 Å². The number of piperidine rings is 1. The number of hydrogen-bond acceptors (Lipinski definition) is 4. The monoisotopic (exact) mass is 331 g/mol. The van der Waals surface area contributed by atoms with Gasteiger partial charge in [-0.1, -0.05) is 0 Å². The Morgan fingerprint density at radius 2 is 1.91 bits per heavy atom. The summed E-state index contributed by atoms with van der Waals surface area (Å²) in [5.41, 5.74) is 1.51. The highest BCUT2D eigenvalue weighted by Gasteiger charge is 2.39. The molecule has 0 radical (unpaired) electrons. The van der Waals surface area contributed by atoms with Crippen LogP contribution < -0.4 is 10.9 Å². The maximum atomic E-state index is 13.2. The molecule has 0 spiro atoms. The molecule has 4 nitrogen and oxygen atoms in total. The summed E-state index contributed by atoms with van der Waals surface area (Å²) in [6.07, 6.45) is 7.03. The number of rotatable bonds is 1. The molecule has 1 N–H and O–H groups in total. The third-order valence-electron chi connectivity index (χ3n) is 5.21. The van der Waals surface area contributed by atoms with Crippen LogP contribution in [-0.2, 0) is 12.8 Å². The summed E-state index contributed by atoms with van der Waals surface area (Å²) in [5, 5.41) is 4.59. The molecule has 4 rings (SSSR count). The topological polar surface area (TPSA) is 46.9 Å². The minimum atomic E-state index is 0.0252. The van der Waals surface area contributed by atoms with Crippen molar-refractivity contribution in [2.75, 3.05) is 0 Å². The molecule has 0 bridgehead atoms. The largest absolute Gasteiger partial charge is 0.307 e. The van der Waals surface area contributed by atoms with Crippen LogP contribution >= 0.6 is 11.3 Å². The van der Waals surface area contributed by atoms with Crippen molar-refractivity contribution < 1.29 is 0 Å². The van der Waals surface area contributed by atoms with E-state index in [1.54, 1.807) is 17.7 Å². The van der Waals surface area contributed by atoms with Gasteiger partial charge < -0.3 is 5.32 Å². The molecule has 2 aliphatic rings. The summed E-state index contributed by atoms with van der Waals surface area (Å²) in [6, 6.07) is 0.211. The van der Waals surface area contributed by atoms with E-state index in [0.29, 0.717) is 0 Å². The van der Waals surface area contributed by atoms with Crippen LogP contribution in [0.25, 0.3) is 10.2 Å². The minimum absolute atomic E-state index is 0.0252. The van der Waals surface area contributed by atoms with Crippen molar-refractivity contribution in [2.45, 2.75) is 76.9 Å². The van der Waals surface area contributed by atoms with Gasteiger partial charge in [0.2, 0.25) is 0 Å². The second-order valence-electron chi connectivity index (χ2n) is 8.45. The molecular weight excluding hydrogens is 306 g/mol. The first kappa shape index (κ1) is 15.3. The van der Waals surface area contributed by atoms with Crippen LogP contribution in [0, 0.1) is 0 Å². The summed E-state index contributed by atoms with van der Waals surface area (Å²) in [6.45, 7) is 8.89. The molecule has 0 unspecified atom stereocenters. The van der Waals surface area contributed by atoms with Crippen molar-refractivity contribution >= 4 is 21.6 Å². The maximum Gasteiger partial charge on any atom is 0.262 e. The molecule has 5 heteroatoms. The van der Waals surface area contributed by atoms with Crippen molar-refractivity contribution in [1.29, 1.82) is 0 Å². The molecule has 0 atom stereocenters. The molecule has 2 aromatic rings. The third kappa shape index (κ3) is 2.54. The summed E-state index contributed by atoms with van der Waals surface area (Å²) >= 11 is 1.72. The Bertz CT molecular complexity index is 815. The van der Waals surface area contributed by atoms with Crippen molar-refractivity contribution in [1.82, 2.24) is 14.9 Å². The highest BCUT2D eigenvalue weighted by atomic mass is 32.1. The van der Waals surface area contributed by atoms with Gasteiger partial charge >= 0.3 is 0 Å². The minimum Gasteiger partial charge on any atom is -0.307 e. The molecule has 124 valence electrons. The van der Waals surface area contributed by atoms with Crippen LogP contribution in [0.2, 0.25) is 0 Å². The fourth-order valence-electron chi connectivity index (χ4n) is 4.72. The van der Waals surface area contributed by atoms with E-state index in [9.17, 15) is 4.79 Å². The number of aromatic nitrogens is 2. The lowest BCUT2D eigenvalue weighted by molar-refractivity contribution is 0.130. The average Bonchev–Trinajstić information content (AvgIpc) is 2.94. The molecule has 1 saturated heterocycles. The molecule has 0 amide bonds. The van der Waals surface area contributed by atoms with Gasteiger partial charge in [0.05, 0.1) is 11.7 Å². The Morgan fingerprint density at radius 3 is 2.61 bits per heavy atom. The van der Waals surface area contributed by atoms with Crippen molar-refractivity contribution in [3.63, 3.8) is 0 Å². The van der Waals surface area contributed by atoms with Crippen LogP contribution in [0.5, 0.6) is 0 Å². The Labute approximate surface area is 140 Å². The smallest absolute Gasteiger partial charge is 0.262 e. The van der Waals surface area contributed by atoms with E-state index < -0.39 is 0 Å². The second-order valence-corrected chi connectivity index (χ2v) is 9.53. The Balaban J connectivity index is 1.83. The lowest BCUT2D eigenvalue weighted by Crippen LogP contribution is -2.58. The van der Waals surface area contributed by atoms with Crippen LogP contribution in [0.4, 0.5) is 0 Å². The van der Waals surface area contributed by atoms with E-state index in [1.165, 1.54) is 16.9 Å². The van der Waals surface area contributed by atoms with E-state index in [-0.39, 0.29) is 22.7 Å². The summed E-state index contributed by atoms with van der Waals surface area (Å²) in [5.74, 6) is 0. The van der Waals surface area contributed by atoms with Gasteiger partial charge in [0, 0.05) is 22.0 Å². The predicted molar refractivity (Wildman–Crippen MR) is 95.5 cm³/mol. The summed E-state index contributed by atoms with van der Waals surface area (Å²) < 4.78 is 1.91. The van der Waals surface area contributed by atoms with Crippen LogP contribution in [-0.4, -0.2) is 20.6 Å². The number of nitrogens with one attached hydrogen (secondary N) is 1. The number of thiophene rings is 1. The lowest BCUT2D eigenvalue weighted by atomic mass is 9.79. The van der Waals surface area contributed by atoms with Gasteiger partial charge in [0.15, 0.2) is 0 Å². The first-order valence-corrected chi connectivity index (χ1v) is 9.38. The maximum absolute atomic E-state index is 13.2. The first-order valence-electron chi connectivity index (χ1n) is 8.56. The van der Waals surface area contributed by atoms with E-state index in [1.807, 2.05) is 4.57 Å². The molecule has 1 fully saturated rings. The van der Waals surface area contributed by atoms with Gasteiger partial charge in [-0.2, -0.15) is 0 Å². The fraction of sp³-hybridized carbons (Fsp3) is 0.667. The highest BCUT2D eigenvalue weighted by Crippen LogP contribution is 2.37. The molecular formula is C18H25N3OS. The van der Waals surface area contributed by atoms with E-state index in [0.717, 1.165) is 35.9 Å². The summed E-state index contributed by atoms with van der Waals surface area (Å²) in [4.78, 5) is 20.1. The van der Waals surface area contributed by atoms with Crippen LogP contribution in [0.3, 0.4) is 0 Å². The standard InChI is InChI=1S/C18H25N3OS/c1-17(2)8-11(9-18(3,4)20-17)21-10-19-15-14(16(21)22)12-6-5-7-13(12)23-15/h10-11,20H,5-9H2,1-4H3. The molecule has 2 aromatic heterocycles. The number of fused-ring (bicyclic) bond motifs is 3. The summed E-state index contributed by atoms with van der Waals surface area (Å²) in [7, 11) is 0. The van der Waals surface area contributed by atoms with Crippen molar-refractivity contribution in [3.05, 3.63) is 27.1 Å². The van der Waals surface area contributed by atoms with Gasteiger partial charge in [-0.25, -0.2) is 4.98 Å². The number of nitrogens with zero attached hydrogens (tertiary/aromatic N) is 2. The molecule has 23 heavy (non-hydrogen) atoms. The van der Waals surface area contributed by atoms with E-state index in [4.69, 9.17) is 0 Å². The normalized spacial score (nSPS) is 23.3. The zero-order valence-electron chi connectivity index (χ0n) is 14.4. The Hall–Kier alpha value is -1.20. The van der Waals surface area contributed by atoms with Gasteiger partial charge in [0.1, 0.15) is 4.83 Å². The average molecular weight is 331 g/mol. The Morgan fingerprint density at radius 1 is 1.22 bits per heavy atom. The lowest BCUT2D eigenvalue weighted by Gasteiger charge is -2.46. The number of aryl methyl sites for hydroxylation is 2. The predicted octanol–water partition coefficient (Wildman–Crippen LogP) is 3.43. The molecule has 0 aromatic carbocycles. The van der Waals surface area contributed by atoms with Gasteiger partial charge in [-0.3, -0.25) is 9.36 Å². The molecule has 0 saturated carbocycles. The van der Waals surface area contributed by atoms with E-state index >= 15 is 0 Å². The Kier molecular flexibility index (Phi) is 3.27. The van der Waals surface area contributed by atoms with Crippen LogP contribution in [0.15, 0.2) is 11.1 Å². The van der Waals surface area contributed by atoms with Gasteiger partial charge in [-0.05, 0) is 65.4 Å². The SMILES string of the molecule is CC1(C)CC(n2cnc3sc4c(c3c2=O)CCC4)CC(C)(C)N1. The van der Waals surface area contributed by atoms with Gasteiger partial charge in [-0.15, -0.1) is 11.3 Å². The zero-order valence-corrected chi connectivity index (χ0v) is 15.2. The molecule has 1 aliphatic heterocycles. The van der Waals surface area contributed by atoms with Crippen LogP contribution in [0.1, 0.15) is 63.4 Å². The van der Waals surface area contributed by atoms with E-state index in [2.05, 4.69) is 38.0 Å². The van der Waals surface area contributed by atoms with Gasteiger partial charge in [0.25, 0.3) is 5.56 Å².